The number of aliphatic hydroxyl groups excluding tert-OH is 1. The summed E-state index contributed by atoms with van der Waals surface area (Å²) in [5.74, 6) is -1.06. The second-order valence-electron chi connectivity index (χ2n) is 8.87. The number of rotatable bonds is 7. The lowest BCUT2D eigenvalue weighted by Gasteiger charge is -2.26. The predicted molar refractivity (Wildman–Crippen MR) is 141 cm³/mol. The monoisotopic (exact) mass is 500 g/mol. The summed E-state index contributed by atoms with van der Waals surface area (Å²) < 4.78 is 11.1. The summed E-state index contributed by atoms with van der Waals surface area (Å²) in [5, 5.41) is 14.1. The molecule has 1 saturated heterocycles. The Bertz CT molecular complexity index is 1380. The van der Waals surface area contributed by atoms with Crippen molar-refractivity contribution in [1.29, 1.82) is 0 Å². The highest BCUT2D eigenvalue weighted by Gasteiger charge is 2.47. The van der Waals surface area contributed by atoms with Crippen molar-refractivity contribution >= 4 is 34.7 Å². The van der Waals surface area contributed by atoms with E-state index in [2.05, 4.69) is 5.32 Å². The maximum absolute atomic E-state index is 13.4. The number of carbonyl (C=O) groups excluding carboxylic acids is 3. The number of nitrogens with one attached hydrogen (secondary N) is 1. The van der Waals surface area contributed by atoms with E-state index in [0.29, 0.717) is 34.0 Å². The molecule has 8 heteroatoms. The van der Waals surface area contributed by atoms with Gasteiger partial charge in [-0.05, 0) is 67.9 Å². The van der Waals surface area contributed by atoms with Gasteiger partial charge in [0, 0.05) is 23.9 Å². The third kappa shape index (κ3) is 5.33. The van der Waals surface area contributed by atoms with Crippen LogP contribution >= 0.6 is 0 Å². The van der Waals surface area contributed by atoms with E-state index in [9.17, 15) is 19.5 Å². The van der Waals surface area contributed by atoms with Crippen LogP contribution in [0.4, 0.5) is 11.4 Å². The Balaban J connectivity index is 1.87. The number of anilines is 2. The Morgan fingerprint density at radius 1 is 0.973 bits per heavy atom. The van der Waals surface area contributed by atoms with Crippen LogP contribution < -0.4 is 19.7 Å². The maximum Gasteiger partial charge on any atom is 0.300 e. The molecule has 1 unspecified atom stereocenters. The lowest BCUT2D eigenvalue weighted by atomic mass is 9.95. The van der Waals surface area contributed by atoms with Gasteiger partial charge in [0.15, 0.2) is 0 Å². The molecule has 0 aliphatic carbocycles. The van der Waals surface area contributed by atoms with E-state index in [1.807, 2.05) is 13.8 Å². The van der Waals surface area contributed by atoms with Gasteiger partial charge in [0.25, 0.3) is 11.7 Å². The second kappa shape index (κ2) is 10.6. The third-order valence-corrected chi connectivity index (χ3v) is 5.80. The Labute approximate surface area is 215 Å². The van der Waals surface area contributed by atoms with E-state index in [4.69, 9.17) is 9.47 Å². The van der Waals surface area contributed by atoms with Crippen LogP contribution in [0.5, 0.6) is 11.5 Å². The first-order valence-corrected chi connectivity index (χ1v) is 11.8. The summed E-state index contributed by atoms with van der Waals surface area (Å²) in [6.07, 6.45) is -0.0831. The van der Waals surface area contributed by atoms with Gasteiger partial charge < -0.3 is 19.9 Å². The van der Waals surface area contributed by atoms with Gasteiger partial charge in [-0.15, -0.1) is 0 Å². The summed E-state index contributed by atoms with van der Waals surface area (Å²) in [5.41, 5.74) is 1.87. The molecule has 190 valence electrons. The molecule has 0 aromatic heterocycles. The van der Waals surface area contributed by atoms with Crippen LogP contribution in [0.15, 0.2) is 78.4 Å². The number of hydrogen-bond acceptors (Lipinski definition) is 6. The SMILES string of the molecule is COc1cccc(C2/C(=C(/O)c3cccc(OC(C)C)c3)C(=O)C(=O)N2c2ccc(NC(C)=O)cc2)c1. The van der Waals surface area contributed by atoms with Crippen molar-refractivity contribution < 1.29 is 29.0 Å². The molecule has 0 spiro atoms. The summed E-state index contributed by atoms with van der Waals surface area (Å²) >= 11 is 0. The van der Waals surface area contributed by atoms with Gasteiger partial charge in [-0.25, -0.2) is 0 Å². The van der Waals surface area contributed by atoms with Crippen LogP contribution in [-0.2, 0) is 14.4 Å². The van der Waals surface area contributed by atoms with Crippen LogP contribution in [0.1, 0.15) is 37.9 Å². The highest BCUT2D eigenvalue weighted by Crippen LogP contribution is 2.43. The van der Waals surface area contributed by atoms with Crippen molar-refractivity contribution in [3.05, 3.63) is 89.5 Å². The van der Waals surface area contributed by atoms with Crippen LogP contribution in [0.25, 0.3) is 5.76 Å². The molecule has 3 aromatic rings. The Morgan fingerprint density at radius 3 is 2.30 bits per heavy atom. The standard InChI is InChI=1S/C29H28N2O6/c1-17(2)37-24-10-6-8-20(16-24)27(33)25-26(19-7-5-9-23(15-19)36-4)31(29(35)28(25)34)22-13-11-21(12-14-22)30-18(3)32/h5-17,26,33H,1-4H3,(H,30,32)/b27-25-. The fraction of sp³-hybridized carbons (Fsp3) is 0.207. The number of ether oxygens (including phenoxy) is 2. The predicted octanol–water partition coefficient (Wildman–Crippen LogP) is 5.07. The molecule has 8 nitrogen and oxygen atoms in total. The van der Waals surface area contributed by atoms with Crippen molar-refractivity contribution in [1.82, 2.24) is 0 Å². The molecule has 2 amide bonds. The van der Waals surface area contributed by atoms with Gasteiger partial charge in [-0.2, -0.15) is 0 Å². The molecule has 0 radical (unpaired) electrons. The number of nitrogens with zero attached hydrogens (tertiary/aromatic N) is 1. The maximum atomic E-state index is 13.4. The zero-order valence-electron chi connectivity index (χ0n) is 21.0. The highest BCUT2D eigenvalue weighted by atomic mass is 16.5. The third-order valence-electron chi connectivity index (χ3n) is 5.80. The summed E-state index contributed by atoms with van der Waals surface area (Å²) in [6, 6.07) is 19.4. The molecule has 1 fully saturated rings. The first-order valence-electron chi connectivity index (χ1n) is 11.8. The van der Waals surface area contributed by atoms with Crippen molar-refractivity contribution in [2.45, 2.75) is 32.9 Å². The molecule has 1 aliphatic heterocycles. The average Bonchev–Trinajstić information content (AvgIpc) is 3.14. The summed E-state index contributed by atoms with van der Waals surface area (Å²) in [7, 11) is 1.52. The van der Waals surface area contributed by atoms with E-state index in [0.717, 1.165) is 0 Å². The molecule has 2 N–H and O–H groups in total. The minimum Gasteiger partial charge on any atom is -0.507 e. The second-order valence-corrected chi connectivity index (χ2v) is 8.87. The molecule has 37 heavy (non-hydrogen) atoms. The van der Waals surface area contributed by atoms with Crippen molar-refractivity contribution in [2.75, 3.05) is 17.3 Å². The molecule has 1 atom stereocenters. The Hall–Kier alpha value is -4.59. The lowest BCUT2D eigenvalue weighted by Crippen LogP contribution is -2.29. The fourth-order valence-corrected chi connectivity index (χ4v) is 4.28. The van der Waals surface area contributed by atoms with Crippen molar-refractivity contribution in [3.8, 4) is 11.5 Å². The first kappa shape index (κ1) is 25.5. The molecular formula is C29H28N2O6. The van der Waals surface area contributed by atoms with Crippen LogP contribution in [0.2, 0.25) is 0 Å². The molecule has 0 bridgehead atoms. The largest absolute Gasteiger partial charge is 0.507 e. The number of amides is 2. The molecule has 4 rings (SSSR count). The number of carbonyl (C=O) groups is 3. The molecule has 1 heterocycles. The van der Waals surface area contributed by atoms with Gasteiger partial charge in [0.05, 0.1) is 24.8 Å². The van der Waals surface area contributed by atoms with Crippen LogP contribution in [0, 0.1) is 0 Å². The lowest BCUT2D eigenvalue weighted by molar-refractivity contribution is -0.132. The van der Waals surface area contributed by atoms with Gasteiger partial charge >= 0.3 is 0 Å². The van der Waals surface area contributed by atoms with Gasteiger partial charge in [0.2, 0.25) is 5.91 Å². The number of benzene rings is 3. The topological polar surface area (TPSA) is 105 Å². The van der Waals surface area contributed by atoms with Crippen molar-refractivity contribution in [2.24, 2.45) is 0 Å². The van der Waals surface area contributed by atoms with Gasteiger partial charge in [-0.3, -0.25) is 19.3 Å². The number of methoxy groups -OCH3 is 1. The smallest absolute Gasteiger partial charge is 0.300 e. The Kier molecular flexibility index (Phi) is 7.29. The zero-order valence-corrected chi connectivity index (χ0v) is 21.0. The van der Waals surface area contributed by atoms with E-state index >= 15 is 0 Å². The van der Waals surface area contributed by atoms with E-state index in [1.54, 1.807) is 72.8 Å². The van der Waals surface area contributed by atoms with Crippen molar-refractivity contribution in [3.63, 3.8) is 0 Å². The molecule has 0 saturated carbocycles. The summed E-state index contributed by atoms with van der Waals surface area (Å²) in [4.78, 5) is 39.5. The highest BCUT2D eigenvalue weighted by molar-refractivity contribution is 6.51. The zero-order chi connectivity index (χ0) is 26.7. The molecule has 1 aliphatic rings. The minimum atomic E-state index is -0.920. The van der Waals surface area contributed by atoms with Crippen LogP contribution in [-0.4, -0.2) is 35.9 Å². The van der Waals surface area contributed by atoms with E-state index < -0.39 is 17.7 Å². The van der Waals surface area contributed by atoms with Crippen LogP contribution in [0.3, 0.4) is 0 Å². The number of aliphatic hydroxyl groups is 1. The molecule has 3 aromatic carbocycles. The number of Topliss-reactive ketones (excluding diaryl/α,β-unsaturated/α-hetero) is 1. The molecular weight excluding hydrogens is 472 g/mol. The van der Waals surface area contributed by atoms with Gasteiger partial charge in [-0.1, -0.05) is 24.3 Å². The fourth-order valence-electron chi connectivity index (χ4n) is 4.28. The first-order chi connectivity index (χ1) is 17.7. The number of hydrogen-bond donors (Lipinski definition) is 2. The van der Waals surface area contributed by atoms with E-state index in [1.165, 1.54) is 18.9 Å². The number of ketones is 1. The minimum absolute atomic E-state index is 0.0501. The normalized spacial score (nSPS) is 16.7. The summed E-state index contributed by atoms with van der Waals surface area (Å²) in [6.45, 7) is 5.17. The van der Waals surface area contributed by atoms with E-state index in [-0.39, 0.29) is 23.3 Å². The average molecular weight is 501 g/mol. The van der Waals surface area contributed by atoms with Gasteiger partial charge in [0.1, 0.15) is 17.3 Å². The Morgan fingerprint density at radius 2 is 1.65 bits per heavy atom. The quantitative estimate of drug-likeness (QED) is 0.267.